The molecule has 0 spiro atoms. The van der Waals surface area contributed by atoms with E-state index in [0.29, 0.717) is 30.9 Å². The van der Waals surface area contributed by atoms with Gasteiger partial charge in [-0.15, -0.1) is 0 Å². The molecule has 0 saturated heterocycles. The summed E-state index contributed by atoms with van der Waals surface area (Å²) in [6.07, 6.45) is 5.59. The average molecular weight is 485 g/mol. The van der Waals surface area contributed by atoms with Crippen molar-refractivity contribution in [2.75, 3.05) is 12.3 Å². The molecule has 0 aliphatic heterocycles. The maximum atomic E-state index is 11.9. The Morgan fingerprint density at radius 1 is 1.14 bits per heavy atom. The van der Waals surface area contributed by atoms with Crippen LogP contribution in [0.15, 0.2) is 67.1 Å². The van der Waals surface area contributed by atoms with Gasteiger partial charge in [-0.25, -0.2) is 14.8 Å². The van der Waals surface area contributed by atoms with Crippen LogP contribution in [0, 0.1) is 5.92 Å². The summed E-state index contributed by atoms with van der Waals surface area (Å²) < 4.78 is 8.27. The highest BCUT2D eigenvalue weighted by Crippen LogP contribution is 2.42. The molecule has 0 bridgehead atoms. The van der Waals surface area contributed by atoms with Crippen LogP contribution in [0.3, 0.4) is 0 Å². The number of nitrogens with zero attached hydrogens (tertiary/aromatic N) is 3. The van der Waals surface area contributed by atoms with Gasteiger partial charge < -0.3 is 25.7 Å². The number of nitrogen functional groups attached to an aromatic ring is 1. The van der Waals surface area contributed by atoms with Crippen molar-refractivity contribution in [1.29, 1.82) is 0 Å². The van der Waals surface area contributed by atoms with Crippen LogP contribution in [-0.4, -0.2) is 33.2 Å². The number of nitrogens with one attached hydrogen (secondary N) is 2. The molecule has 8 heteroatoms. The number of amides is 2. The molecule has 8 nitrogen and oxygen atoms in total. The van der Waals surface area contributed by atoms with E-state index < -0.39 is 0 Å². The van der Waals surface area contributed by atoms with Gasteiger partial charge in [-0.05, 0) is 55.9 Å². The summed E-state index contributed by atoms with van der Waals surface area (Å²) in [4.78, 5) is 20.8. The molecule has 4 N–H and O–H groups in total. The Balaban J connectivity index is 1.33. The number of ether oxygens (including phenoxy) is 1. The highest BCUT2D eigenvalue weighted by Gasteiger charge is 2.32. The van der Waals surface area contributed by atoms with Crippen molar-refractivity contribution in [3.63, 3.8) is 0 Å². The van der Waals surface area contributed by atoms with Gasteiger partial charge in [0.15, 0.2) is 0 Å². The third-order valence-electron chi connectivity index (χ3n) is 6.61. The lowest BCUT2D eigenvalue weighted by Crippen LogP contribution is -2.43. The summed E-state index contributed by atoms with van der Waals surface area (Å²) in [5.41, 5.74) is 10.3. The third-order valence-corrected chi connectivity index (χ3v) is 6.61. The van der Waals surface area contributed by atoms with Gasteiger partial charge >= 0.3 is 6.03 Å². The summed E-state index contributed by atoms with van der Waals surface area (Å²) in [6, 6.07) is 18.5. The minimum atomic E-state index is -0.114. The molecule has 1 aliphatic carbocycles. The molecule has 36 heavy (non-hydrogen) atoms. The number of carbonyl (C=O) groups is 1. The van der Waals surface area contributed by atoms with E-state index in [9.17, 15) is 4.79 Å². The quantitative estimate of drug-likeness (QED) is 0.329. The first-order valence-electron chi connectivity index (χ1n) is 12.4. The smallest absolute Gasteiger partial charge is 0.314 e. The fraction of sp³-hybridized carbons (Fsp3) is 0.321. The molecule has 2 aromatic heterocycles. The Morgan fingerprint density at radius 2 is 1.94 bits per heavy atom. The molecule has 2 amide bonds. The lowest BCUT2D eigenvalue weighted by atomic mass is 9.80. The molecule has 0 unspecified atom stereocenters. The maximum absolute atomic E-state index is 11.9. The average Bonchev–Trinajstić information content (AvgIpc) is 3.23. The molecule has 1 fully saturated rings. The first kappa shape index (κ1) is 23.7. The van der Waals surface area contributed by atoms with Crippen LogP contribution in [0.2, 0.25) is 0 Å². The molecule has 0 radical (unpaired) electrons. The minimum Gasteiger partial charge on any atom is -0.489 e. The molecule has 0 atom stereocenters. The summed E-state index contributed by atoms with van der Waals surface area (Å²) in [6.45, 7) is 5.07. The molecule has 5 rings (SSSR count). The first-order chi connectivity index (χ1) is 17.5. The van der Waals surface area contributed by atoms with Gasteiger partial charge in [-0.3, -0.25) is 0 Å². The topological polar surface area (TPSA) is 107 Å². The standard InChI is InChI=1S/C28H32N6O2/c1-18(2)33-28(35)30-14-20-11-22(12-20)34-15-24(25-26(29)31-17-32-27(25)34)21-9-6-10-23(13-21)36-16-19-7-4-3-5-8-19/h3-10,13,15,17-18,20,22H,11-12,14,16H2,1-2H3,(H2,29,31,32)(H2,30,33,35)/t20-,22-. The van der Waals surface area contributed by atoms with E-state index in [1.54, 1.807) is 0 Å². The van der Waals surface area contributed by atoms with E-state index in [0.717, 1.165) is 46.3 Å². The van der Waals surface area contributed by atoms with Crippen molar-refractivity contribution in [2.45, 2.75) is 45.4 Å². The van der Waals surface area contributed by atoms with Crippen LogP contribution in [0.1, 0.15) is 38.3 Å². The van der Waals surface area contributed by atoms with Crippen LogP contribution in [-0.2, 0) is 6.61 Å². The number of aromatic nitrogens is 3. The van der Waals surface area contributed by atoms with Crippen molar-refractivity contribution in [2.24, 2.45) is 5.92 Å². The van der Waals surface area contributed by atoms with E-state index in [-0.39, 0.29) is 12.1 Å². The third kappa shape index (κ3) is 5.12. The molecule has 186 valence electrons. The van der Waals surface area contributed by atoms with E-state index in [2.05, 4.69) is 37.4 Å². The molecule has 1 saturated carbocycles. The Labute approximate surface area is 210 Å². The van der Waals surface area contributed by atoms with Crippen LogP contribution in [0.25, 0.3) is 22.2 Å². The van der Waals surface area contributed by atoms with Gasteiger partial charge in [0, 0.05) is 30.4 Å². The molecule has 2 heterocycles. The first-order valence-corrected chi connectivity index (χ1v) is 12.4. The summed E-state index contributed by atoms with van der Waals surface area (Å²) in [5, 5.41) is 6.70. The second-order valence-electron chi connectivity index (χ2n) is 9.71. The van der Waals surface area contributed by atoms with Crippen molar-refractivity contribution < 1.29 is 9.53 Å². The zero-order valence-corrected chi connectivity index (χ0v) is 20.6. The number of carbonyl (C=O) groups excluding carboxylic acids is 1. The van der Waals surface area contributed by atoms with Crippen LogP contribution in [0.5, 0.6) is 5.75 Å². The summed E-state index contributed by atoms with van der Waals surface area (Å²) in [7, 11) is 0. The van der Waals surface area contributed by atoms with Crippen LogP contribution >= 0.6 is 0 Å². The number of hydrogen-bond acceptors (Lipinski definition) is 5. The summed E-state index contributed by atoms with van der Waals surface area (Å²) >= 11 is 0. The van der Waals surface area contributed by atoms with Gasteiger partial charge in [-0.1, -0.05) is 42.5 Å². The molecule has 1 aliphatic rings. The minimum absolute atomic E-state index is 0.114. The Bertz CT molecular complexity index is 1340. The zero-order valence-electron chi connectivity index (χ0n) is 20.6. The number of benzene rings is 2. The monoisotopic (exact) mass is 484 g/mol. The zero-order chi connectivity index (χ0) is 25.1. The summed E-state index contributed by atoms with van der Waals surface area (Å²) in [5.74, 6) is 1.69. The predicted molar refractivity (Wildman–Crippen MR) is 142 cm³/mol. The van der Waals surface area contributed by atoms with Crippen molar-refractivity contribution in [3.05, 3.63) is 72.7 Å². The second-order valence-corrected chi connectivity index (χ2v) is 9.71. The molecular weight excluding hydrogens is 452 g/mol. The maximum Gasteiger partial charge on any atom is 0.314 e. The lowest BCUT2D eigenvalue weighted by molar-refractivity contribution is 0.192. The highest BCUT2D eigenvalue weighted by atomic mass is 16.5. The molecular formula is C28H32N6O2. The van der Waals surface area contributed by atoms with E-state index in [1.165, 1.54) is 6.33 Å². The van der Waals surface area contributed by atoms with Gasteiger partial charge in [0.2, 0.25) is 0 Å². The normalized spacial score (nSPS) is 17.1. The predicted octanol–water partition coefficient (Wildman–Crippen LogP) is 4.92. The van der Waals surface area contributed by atoms with Crippen LogP contribution < -0.4 is 21.1 Å². The number of rotatable bonds is 8. The van der Waals surface area contributed by atoms with E-state index in [4.69, 9.17) is 10.5 Å². The number of anilines is 1. The van der Waals surface area contributed by atoms with Crippen molar-refractivity contribution in [1.82, 2.24) is 25.2 Å². The largest absolute Gasteiger partial charge is 0.489 e. The number of hydrogen-bond donors (Lipinski definition) is 3. The van der Waals surface area contributed by atoms with Gasteiger partial charge in [-0.2, -0.15) is 0 Å². The number of urea groups is 1. The number of nitrogens with two attached hydrogens (primary N) is 1. The van der Waals surface area contributed by atoms with Gasteiger partial charge in [0.1, 0.15) is 30.1 Å². The lowest BCUT2D eigenvalue weighted by Gasteiger charge is -2.36. The SMILES string of the molecule is CC(C)NC(=O)NC[C@H]1C[C@H](n2cc(-c3cccc(OCc4ccccc4)c3)c3c(N)ncnc32)C1. The Kier molecular flexibility index (Phi) is 6.75. The Morgan fingerprint density at radius 3 is 2.72 bits per heavy atom. The van der Waals surface area contributed by atoms with E-state index >= 15 is 0 Å². The molecule has 2 aromatic carbocycles. The fourth-order valence-electron chi connectivity index (χ4n) is 4.74. The van der Waals surface area contributed by atoms with E-state index in [1.807, 2.05) is 62.4 Å². The van der Waals surface area contributed by atoms with Gasteiger partial charge in [0.05, 0.1) is 5.39 Å². The fourth-order valence-corrected chi connectivity index (χ4v) is 4.74. The van der Waals surface area contributed by atoms with Crippen molar-refractivity contribution >= 4 is 22.9 Å². The second kappa shape index (κ2) is 10.3. The highest BCUT2D eigenvalue weighted by molar-refractivity contribution is 6.00. The Hall–Kier alpha value is -4.07. The van der Waals surface area contributed by atoms with Crippen molar-refractivity contribution in [3.8, 4) is 16.9 Å². The van der Waals surface area contributed by atoms with Gasteiger partial charge in [0.25, 0.3) is 0 Å². The number of fused-ring (bicyclic) bond motifs is 1. The molecule has 4 aromatic rings. The van der Waals surface area contributed by atoms with Crippen LogP contribution in [0.4, 0.5) is 10.6 Å².